The third-order valence-corrected chi connectivity index (χ3v) is 11.4. The standard InChI is InChI=1S/C54H58N6O10/c1-5-23-67-49-35-11-9-13-37(49)28-39-31-45(57-53(61)55-43-15-19-47(20-16-43)59(63)64)33-41(51(39)69-25-7-3)30-42-34-46(58-54(62)56-44-17-21-48(22-18-44)60(65)66)32-40(52(42)70-26-8-4)29-38-14-10-12-36(27-35)50(38)68-24-6-2/h9-22,31-34H,5-8,23-30H2,1-4H3,(H2,55,57,61)(H2,56,58,62). The SMILES string of the molecule is CCCOc1c2cccc1Cc1cc(NC(=O)Nc3ccc([N+](=O)[O-])cc3)cc(c1OCCC)Cc1cc(NC(=O)Nc3ccc([N+](=O)[O-])cc3)cc(c1OCCC)Cc1cccc(c1OCCC)C2. The van der Waals surface area contributed by atoms with E-state index in [9.17, 15) is 29.8 Å². The van der Waals surface area contributed by atoms with Gasteiger partial charge < -0.3 is 40.2 Å². The maximum Gasteiger partial charge on any atom is 0.323 e. The minimum absolute atomic E-state index is 0.103. The predicted molar refractivity (Wildman–Crippen MR) is 272 cm³/mol. The molecule has 6 aromatic carbocycles. The Kier molecular flexibility index (Phi) is 16.9. The number of rotatable bonds is 18. The molecule has 4 amide bonds. The van der Waals surface area contributed by atoms with Gasteiger partial charge >= 0.3 is 12.1 Å². The van der Waals surface area contributed by atoms with E-state index in [1.807, 2.05) is 62.4 Å². The number of urea groups is 2. The van der Waals surface area contributed by atoms with Crippen molar-refractivity contribution < 1.29 is 38.4 Å². The zero-order chi connectivity index (χ0) is 49.6. The van der Waals surface area contributed by atoms with E-state index in [1.54, 1.807) is 0 Å². The number of hydrogen-bond acceptors (Lipinski definition) is 10. The first-order valence-corrected chi connectivity index (χ1v) is 23.7. The lowest BCUT2D eigenvalue weighted by molar-refractivity contribution is -0.385. The summed E-state index contributed by atoms with van der Waals surface area (Å²) in [7, 11) is 0. The smallest absolute Gasteiger partial charge is 0.323 e. The van der Waals surface area contributed by atoms with Crippen molar-refractivity contribution in [2.24, 2.45) is 0 Å². The van der Waals surface area contributed by atoms with Gasteiger partial charge in [-0.05, 0) is 96.5 Å². The topological polar surface area (TPSA) is 205 Å². The molecule has 16 nitrogen and oxygen atoms in total. The Morgan fingerprint density at radius 1 is 0.414 bits per heavy atom. The highest BCUT2D eigenvalue weighted by molar-refractivity contribution is 6.01. The predicted octanol–water partition coefficient (Wildman–Crippen LogP) is 12.6. The Hall–Kier alpha value is -8.14. The van der Waals surface area contributed by atoms with Gasteiger partial charge in [0.2, 0.25) is 0 Å². The molecule has 16 heteroatoms. The summed E-state index contributed by atoms with van der Waals surface area (Å²) in [6.07, 6.45) is 4.49. The fraction of sp³-hybridized carbons (Fsp3) is 0.296. The number of hydrogen-bond donors (Lipinski definition) is 4. The highest BCUT2D eigenvalue weighted by Crippen LogP contribution is 2.41. The van der Waals surface area contributed by atoms with E-state index in [-0.39, 0.29) is 17.8 Å². The number of fused-ring (bicyclic) bond motifs is 8. The van der Waals surface area contributed by atoms with E-state index in [0.29, 0.717) is 79.9 Å². The van der Waals surface area contributed by atoms with Crippen molar-refractivity contribution in [1.82, 2.24) is 0 Å². The molecule has 7 rings (SSSR count). The molecule has 0 atom stereocenters. The second kappa shape index (κ2) is 23.7. The van der Waals surface area contributed by atoms with Crippen molar-refractivity contribution in [2.45, 2.75) is 79.1 Å². The number of non-ortho nitro benzene ring substituents is 2. The average Bonchev–Trinajstić information content (AvgIpc) is 3.33. The fourth-order valence-corrected chi connectivity index (χ4v) is 8.31. The van der Waals surface area contributed by atoms with Crippen molar-refractivity contribution in [3.05, 3.63) is 174 Å². The number of nitrogens with one attached hydrogen (secondary N) is 4. The molecule has 1 aliphatic carbocycles. The lowest BCUT2D eigenvalue weighted by Crippen LogP contribution is -2.20. The second-order valence-electron chi connectivity index (χ2n) is 16.9. The summed E-state index contributed by atoms with van der Waals surface area (Å²) in [5.74, 6) is 2.78. The number of nitro groups is 2. The molecule has 70 heavy (non-hydrogen) atoms. The van der Waals surface area contributed by atoms with Gasteiger partial charge in [0.15, 0.2) is 0 Å². The van der Waals surface area contributed by atoms with E-state index < -0.39 is 21.9 Å². The molecular weight excluding hydrogens is 893 g/mol. The van der Waals surface area contributed by atoms with Crippen molar-refractivity contribution in [1.29, 1.82) is 0 Å². The van der Waals surface area contributed by atoms with Crippen molar-refractivity contribution in [3.63, 3.8) is 0 Å². The van der Waals surface area contributed by atoms with Gasteiger partial charge in [0.25, 0.3) is 11.4 Å². The Morgan fingerprint density at radius 3 is 0.957 bits per heavy atom. The normalized spacial score (nSPS) is 11.7. The molecular formula is C54H58N6O10. The summed E-state index contributed by atoms with van der Waals surface area (Å²) in [4.78, 5) is 49.1. The van der Waals surface area contributed by atoms with Gasteiger partial charge in [0, 0.05) is 95.0 Å². The lowest BCUT2D eigenvalue weighted by atomic mass is 9.90. The Morgan fingerprint density at radius 2 is 0.671 bits per heavy atom. The van der Waals surface area contributed by atoms with Crippen LogP contribution in [0.5, 0.6) is 23.0 Å². The first kappa shape index (κ1) is 49.8. The number of nitrogens with zero attached hydrogens (tertiary/aromatic N) is 2. The van der Waals surface area contributed by atoms with Crippen LogP contribution in [0.3, 0.4) is 0 Å². The summed E-state index contributed by atoms with van der Waals surface area (Å²) in [6, 6.07) is 29.8. The number of para-hydroxylation sites is 2. The van der Waals surface area contributed by atoms with Gasteiger partial charge in [0.1, 0.15) is 23.0 Å². The third kappa shape index (κ3) is 12.7. The van der Waals surface area contributed by atoms with Gasteiger partial charge in [-0.3, -0.25) is 20.2 Å². The number of carbonyl (C=O) groups is 2. The molecule has 1 aliphatic rings. The molecule has 0 aromatic heterocycles. The molecule has 4 N–H and O–H groups in total. The number of nitro benzene ring substituents is 2. The minimum Gasteiger partial charge on any atom is -0.493 e. The quantitative estimate of drug-likeness (QED) is 0.0473. The molecule has 6 aromatic rings. The van der Waals surface area contributed by atoms with Crippen molar-refractivity contribution >= 4 is 46.2 Å². The largest absolute Gasteiger partial charge is 0.493 e. The molecule has 0 aliphatic heterocycles. The van der Waals surface area contributed by atoms with Crippen LogP contribution in [-0.4, -0.2) is 48.3 Å². The van der Waals surface area contributed by atoms with Crippen molar-refractivity contribution in [3.8, 4) is 23.0 Å². The van der Waals surface area contributed by atoms with Crippen LogP contribution < -0.4 is 40.2 Å². The van der Waals surface area contributed by atoms with E-state index >= 15 is 0 Å². The molecule has 0 radical (unpaired) electrons. The highest BCUT2D eigenvalue weighted by Gasteiger charge is 2.24. The molecule has 0 heterocycles. The zero-order valence-corrected chi connectivity index (χ0v) is 39.9. The number of benzene rings is 6. The summed E-state index contributed by atoms with van der Waals surface area (Å²) in [6.45, 7) is 9.99. The Bertz CT molecular complexity index is 2640. The maximum atomic E-state index is 13.7. The Balaban J connectivity index is 1.42. The molecule has 0 spiro atoms. The molecule has 0 saturated carbocycles. The summed E-state index contributed by atoms with van der Waals surface area (Å²) in [5, 5.41) is 34.2. The number of amides is 4. The highest BCUT2D eigenvalue weighted by atomic mass is 16.6. The molecule has 8 bridgehead atoms. The maximum absolute atomic E-state index is 13.7. The molecule has 0 saturated heterocycles. The van der Waals surface area contributed by atoms with Crippen LogP contribution >= 0.6 is 0 Å². The van der Waals surface area contributed by atoms with Crippen LogP contribution in [0.25, 0.3) is 0 Å². The zero-order valence-electron chi connectivity index (χ0n) is 39.9. The second-order valence-corrected chi connectivity index (χ2v) is 16.9. The summed E-state index contributed by atoms with van der Waals surface area (Å²) in [5.41, 5.74) is 8.25. The van der Waals surface area contributed by atoms with Crippen LogP contribution in [0.1, 0.15) is 97.9 Å². The van der Waals surface area contributed by atoms with E-state index in [2.05, 4.69) is 47.2 Å². The van der Waals surface area contributed by atoms with Gasteiger partial charge in [-0.15, -0.1) is 0 Å². The van der Waals surface area contributed by atoms with E-state index in [1.165, 1.54) is 48.5 Å². The van der Waals surface area contributed by atoms with Crippen molar-refractivity contribution in [2.75, 3.05) is 47.7 Å². The lowest BCUT2D eigenvalue weighted by Gasteiger charge is -2.24. The van der Waals surface area contributed by atoms with Crippen LogP contribution in [0.15, 0.2) is 109 Å². The van der Waals surface area contributed by atoms with Crippen LogP contribution in [0.4, 0.5) is 43.7 Å². The van der Waals surface area contributed by atoms with E-state index in [4.69, 9.17) is 18.9 Å². The molecule has 0 fully saturated rings. The van der Waals surface area contributed by atoms with Gasteiger partial charge in [-0.25, -0.2) is 9.59 Å². The van der Waals surface area contributed by atoms with Crippen LogP contribution in [0, 0.1) is 20.2 Å². The number of anilines is 4. The monoisotopic (exact) mass is 950 g/mol. The number of ether oxygens (including phenoxy) is 4. The van der Waals surface area contributed by atoms with Gasteiger partial charge in [-0.1, -0.05) is 64.1 Å². The first-order chi connectivity index (χ1) is 34.0. The summed E-state index contributed by atoms with van der Waals surface area (Å²) >= 11 is 0. The molecule has 0 unspecified atom stereocenters. The summed E-state index contributed by atoms with van der Waals surface area (Å²) < 4.78 is 26.7. The molecule has 364 valence electrons. The van der Waals surface area contributed by atoms with Crippen LogP contribution in [-0.2, 0) is 25.7 Å². The minimum atomic E-state index is -0.564. The van der Waals surface area contributed by atoms with E-state index in [0.717, 1.165) is 81.7 Å². The van der Waals surface area contributed by atoms with Crippen LogP contribution in [0.2, 0.25) is 0 Å². The third-order valence-electron chi connectivity index (χ3n) is 11.4. The Labute approximate surface area is 407 Å². The first-order valence-electron chi connectivity index (χ1n) is 23.7. The average molecular weight is 951 g/mol. The number of carbonyl (C=O) groups excluding carboxylic acids is 2. The van der Waals surface area contributed by atoms with Gasteiger partial charge in [-0.2, -0.15) is 0 Å². The van der Waals surface area contributed by atoms with Gasteiger partial charge in [0.05, 0.1) is 36.3 Å². The fourth-order valence-electron chi connectivity index (χ4n) is 8.31.